The monoisotopic (exact) mass is 204 g/mol. The minimum Gasteiger partial charge on any atom is -0.115 e. The van der Waals surface area contributed by atoms with Gasteiger partial charge in [0.05, 0.1) is 0 Å². The summed E-state index contributed by atoms with van der Waals surface area (Å²) in [7, 11) is 0. The molecule has 15 heavy (non-hydrogen) atoms. The number of rotatable bonds is 2. The van der Waals surface area contributed by atoms with E-state index in [9.17, 15) is 0 Å². The highest BCUT2D eigenvalue weighted by molar-refractivity contribution is 5.16. The molecule has 0 heteroatoms. The van der Waals surface area contributed by atoms with Crippen LogP contribution in [0, 0.1) is 18.3 Å². The summed E-state index contributed by atoms with van der Waals surface area (Å²) >= 11 is 0. The molecule has 1 aliphatic rings. The topological polar surface area (TPSA) is 0 Å². The molecule has 0 unspecified atom stereocenters. The molecule has 0 amide bonds. The van der Waals surface area contributed by atoms with Crippen molar-refractivity contribution >= 4 is 0 Å². The van der Waals surface area contributed by atoms with E-state index in [1.54, 1.807) is 6.08 Å². The number of terminal acetylenes is 1. The van der Waals surface area contributed by atoms with Crippen molar-refractivity contribution < 1.29 is 0 Å². The summed E-state index contributed by atoms with van der Waals surface area (Å²) in [6.45, 7) is 7.40. The molecule has 0 atom stereocenters. The average molecular weight is 204 g/mol. The van der Waals surface area contributed by atoms with Gasteiger partial charge in [-0.1, -0.05) is 49.7 Å². The van der Waals surface area contributed by atoms with E-state index in [2.05, 4.69) is 19.4 Å². The van der Waals surface area contributed by atoms with Crippen LogP contribution in [0.1, 0.15) is 52.4 Å². The lowest BCUT2D eigenvalue weighted by Gasteiger charge is -2.21. The third kappa shape index (κ3) is 8.06. The van der Waals surface area contributed by atoms with Crippen molar-refractivity contribution in [3.8, 4) is 12.3 Å². The van der Waals surface area contributed by atoms with Crippen molar-refractivity contribution in [1.82, 2.24) is 0 Å². The highest BCUT2D eigenvalue weighted by atomic mass is 14.2. The zero-order valence-electron chi connectivity index (χ0n) is 10.3. The Labute approximate surface area is 95.5 Å². The summed E-state index contributed by atoms with van der Waals surface area (Å²) in [5.74, 6) is 3.51. The van der Waals surface area contributed by atoms with Gasteiger partial charge in [0.2, 0.25) is 0 Å². The Kier molecular flexibility index (Phi) is 8.98. The third-order valence-corrected chi connectivity index (χ3v) is 2.67. The first kappa shape index (κ1) is 14.0. The maximum absolute atomic E-state index is 5.21. The van der Waals surface area contributed by atoms with E-state index in [4.69, 9.17) is 6.42 Å². The van der Waals surface area contributed by atoms with Gasteiger partial charge in [-0.15, -0.1) is 13.0 Å². The van der Waals surface area contributed by atoms with Crippen molar-refractivity contribution in [3.05, 3.63) is 24.3 Å². The molecule has 1 fully saturated rings. The Morgan fingerprint density at radius 1 is 1.40 bits per heavy atom. The fourth-order valence-electron chi connectivity index (χ4n) is 2.05. The van der Waals surface area contributed by atoms with Gasteiger partial charge < -0.3 is 0 Å². The van der Waals surface area contributed by atoms with Gasteiger partial charge in [0.15, 0.2) is 0 Å². The van der Waals surface area contributed by atoms with Crippen LogP contribution in [0.2, 0.25) is 0 Å². The van der Waals surface area contributed by atoms with Gasteiger partial charge in [0.1, 0.15) is 0 Å². The normalized spacial score (nSPS) is 17.3. The molecule has 0 aromatic carbocycles. The highest BCUT2D eigenvalue weighted by Crippen LogP contribution is 2.28. The highest BCUT2D eigenvalue weighted by Gasteiger charge is 2.12. The van der Waals surface area contributed by atoms with E-state index in [1.807, 2.05) is 13.0 Å². The van der Waals surface area contributed by atoms with E-state index >= 15 is 0 Å². The van der Waals surface area contributed by atoms with Gasteiger partial charge in [0, 0.05) is 0 Å². The molecular weight excluding hydrogens is 180 g/mol. The summed E-state index contributed by atoms with van der Waals surface area (Å²) < 4.78 is 0. The van der Waals surface area contributed by atoms with E-state index < -0.39 is 0 Å². The first-order chi connectivity index (χ1) is 7.24. The van der Waals surface area contributed by atoms with Crippen LogP contribution in [-0.4, -0.2) is 0 Å². The first-order valence-corrected chi connectivity index (χ1v) is 5.93. The number of hydrogen-bond acceptors (Lipinski definition) is 0. The second-order valence-electron chi connectivity index (χ2n) is 4.27. The van der Waals surface area contributed by atoms with Crippen molar-refractivity contribution in [2.45, 2.75) is 52.4 Å². The Hall–Kier alpha value is -0.960. The Morgan fingerprint density at radius 2 is 1.93 bits per heavy atom. The smallest absolute Gasteiger partial charge is 0.0132 e. The number of allylic oxidation sites excluding steroid dienone is 3. The standard InChI is InChI=1S/C12H18.C3H6/c1-3-7-11(2)10-12-8-5-4-6-9-12;1-3-2/h1,7,12H,4-6,8-10H2,2H3;3H,1H2,2H3/b11-7+;. The van der Waals surface area contributed by atoms with Gasteiger partial charge in [0.25, 0.3) is 0 Å². The maximum atomic E-state index is 5.21. The van der Waals surface area contributed by atoms with E-state index in [-0.39, 0.29) is 0 Å². The van der Waals surface area contributed by atoms with Crippen LogP contribution in [0.25, 0.3) is 0 Å². The van der Waals surface area contributed by atoms with Gasteiger partial charge in [-0.2, -0.15) is 0 Å². The molecule has 0 aromatic rings. The van der Waals surface area contributed by atoms with Crippen LogP contribution < -0.4 is 0 Å². The summed E-state index contributed by atoms with van der Waals surface area (Å²) in [5.41, 5.74) is 1.38. The molecule has 0 bridgehead atoms. The predicted octanol–water partition coefficient (Wildman–Crippen LogP) is 4.73. The summed E-state index contributed by atoms with van der Waals surface area (Å²) in [4.78, 5) is 0. The van der Waals surface area contributed by atoms with Crippen LogP contribution in [0.3, 0.4) is 0 Å². The zero-order chi connectivity index (χ0) is 11.5. The van der Waals surface area contributed by atoms with E-state index in [0.29, 0.717) is 0 Å². The van der Waals surface area contributed by atoms with Crippen LogP contribution in [0.5, 0.6) is 0 Å². The van der Waals surface area contributed by atoms with Crippen LogP contribution in [-0.2, 0) is 0 Å². The fraction of sp³-hybridized carbons (Fsp3) is 0.600. The second-order valence-corrected chi connectivity index (χ2v) is 4.27. The molecule has 1 rings (SSSR count). The minimum absolute atomic E-state index is 0.920. The van der Waals surface area contributed by atoms with Crippen molar-refractivity contribution in [2.24, 2.45) is 5.92 Å². The quantitative estimate of drug-likeness (QED) is 0.450. The predicted molar refractivity (Wildman–Crippen MR) is 69.7 cm³/mol. The minimum atomic E-state index is 0.920. The van der Waals surface area contributed by atoms with Crippen LogP contribution in [0.15, 0.2) is 24.3 Å². The second kappa shape index (κ2) is 9.59. The molecule has 1 saturated carbocycles. The first-order valence-electron chi connectivity index (χ1n) is 5.93. The SMILES string of the molecule is C#C/C=C(\C)CC1CCCCC1.C=CC. The third-order valence-electron chi connectivity index (χ3n) is 2.67. The summed E-state index contributed by atoms with van der Waals surface area (Å²) in [5, 5.41) is 0. The Bertz CT molecular complexity index is 221. The largest absolute Gasteiger partial charge is 0.115 e. The summed E-state index contributed by atoms with van der Waals surface area (Å²) in [6.07, 6.45) is 17.2. The number of hydrogen-bond donors (Lipinski definition) is 0. The molecule has 0 N–H and O–H groups in total. The van der Waals surface area contributed by atoms with E-state index in [0.717, 1.165) is 5.92 Å². The molecule has 0 spiro atoms. The van der Waals surface area contributed by atoms with Crippen LogP contribution in [0.4, 0.5) is 0 Å². The van der Waals surface area contributed by atoms with Gasteiger partial charge in [-0.3, -0.25) is 0 Å². The van der Waals surface area contributed by atoms with Gasteiger partial charge >= 0.3 is 0 Å². The molecule has 84 valence electrons. The summed E-state index contributed by atoms with van der Waals surface area (Å²) in [6, 6.07) is 0. The fourth-order valence-corrected chi connectivity index (χ4v) is 2.05. The molecule has 1 aliphatic carbocycles. The van der Waals surface area contributed by atoms with Crippen molar-refractivity contribution in [3.63, 3.8) is 0 Å². The molecule has 0 aliphatic heterocycles. The zero-order valence-corrected chi connectivity index (χ0v) is 10.3. The molecule has 0 aromatic heterocycles. The molecule has 0 radical (unpaired) electrons. The maximum Gasteiger partial charge on any atom is -0.0132 e. The lowest BCUT2D eigenvalue weighted by Crippen LogP contribution is -2.06. The Morgan fingerprint density at radius 3 is 2.40 bits per heavy atom. The Balaban J connectivity index is 0.000000583. The molecule has 0 saturated heterocycles. The molecular formula is C15H24. The van der Waals surface area contributed by atoms with Gasteiger partial charge in [-0.05, 0) is 32.3 Å². The lowest BCUT2D eigenvalue weighted by molar-refractivity contribution is 0.356. The van der Waals surface area contributed by atoms with Crippen LogP contribution >= 0.6 is 0 Å². The average Bonchev–Trinajstić information content (AvgIpc) is 2.20. The molecule has 0 nitrogen and oxygen atoms in total. The molecule has 0 heterocycles. The van der Waals surface area contributed by atoms with Crippen molar-refractivity contribution in [2.75, 3.05) is 0 Å². The van der Waals surface area contributed by atoms with Crippen molar-refractivity contribution in [1.29, 1.82) is 0 Å². The van der Waals surface area contributed by atoms with E-state index in [1.165, 1.54) is 44.1 Å². The lowest BCUT2D eigenvalue weighted by atomic mass is 9.85. The van der Waals surface area contributed by atoms with Gasteiger partial charge in [-0.25, -0.2) is 0 Å².